The molecule has 1 aromatic rings. The molecular formula is C11H19N3O5S. The maximum absolute atomic E-state index is 12.1. The highest BCUT2D eigenvalue weighted by molar-refractivity contribution is 7.89. The van der Waals surface area contributed by atoms with E-state index in [1.165, 1.54) is 31.0 Å². The number of nitrogens with zero attached hydrogens (tertiary/aromatic N) is 1. The van der Waals surface area contributed by atoms with Crippen LogP contribution in [0.15, 0.2) is 17.2 Å². The molecular weight excluding hydrogens is 286 g/mol. The first kappa shape index (κ1) is 16.6. The zero-order valence-electron chi connectivity index (χ0n) is 11.6. The van der Waals surface area contributed by atoms with Crippen LogP contribution in [0.25, 0.3) is 0 Å². The van der Waals surface area contributed by atoms with Crippen LogP contribution in [0.2, 0.25) is 0 Å². The average molecular weight is 305 g/mol. The van der Waals surface area contributed by atoms with E-state index in [1.54, 1.807) is 7.05 Å². The Hall–Kier alpha value is -1.42. The standard InChI is InChI=1S/C11H19N3O5S/c1-12-11(16)10-4-9(5-14(10)2)20(17,18)13-8(6-15)7-19-3/h4-5,8,13,15H,6-7H2,1-3H3,(H,12,16). The molecule has 0 saturated heterocycles. The van der Waals surface area contributed by atoms with Gasteiger partial charge in [0.05, 0.1) is 19.3 Å². The number of aliphatic hydroxyl groups excluding tert-OH is 1. The van der Waals surface area contributed by atoms with Crippen molar-refractivity contribution < 1.29 is 23.1 Å². The fourth-order valence-corrected chi connectivity index (χ4v) is 2.93. The Bertz CT molecular complexity index is 567. The SMILES string of the molecule is CNC(=O)c1cc(S(=O)(=O)NC(CO)COC)cn1C. The fraction of sp³-hybridized carbons (Fsp3) is 0.545. The Morgan fingerprint density at radius 3 is 2.70 bits per heavy atom. The molecule has 0 fully saturated rings. The smallest absolute Gasteiger partial charge is 0.267 e. The van der Waals surface area contributed by atoms with Crippen LogP contribution in [0.5, 0.6) is 0 Å². The third-order valence-corrected chi connectivity index (χ3v) is 4.15. The monoisotopic (exact) mass is 305 g/mol. The topological polar surface area (TPSA) is 110 Å². The van der Waals surface area contributed by atoms with Crippen molar-refractivity contribution in [1.29, 1.82) is 0 Å². The van der Waals surface area contributed by atoms with Gasteiger partial charge >= 0.3 is 0 Å². The van der Waals surface area contributed by atoms with E-state index in [2.05, 4.69) is 10.0 Å². The van der Waals surface area contributed by atoms with Crippen LogP contribution in [-0.2, 0) is 21.8 Å². The molecule has 0 spiro atoms. The van der Waals surface area contributed by atoms with Gasteiger partial charge in [-0.1, -0.05) is 0 Å². The Kier molecular flexibility index (Phi) is 5.69. The van der Waals surface area contributed by atoms with Gasteiger partial charge in [0.2, 0.25) is 10.0 Å². The third kappa shape index (κ3) is 3.79. The van der Waals surface area contributed by atoms with Gasteiger partial charge in [-0.2, -0.15) is 0 Å². The summed E-state index contributed by atoms with van der Waals surface area (Å²) in [6, 6.07) is 0.524. The minimum absolute atomic E-state index is 0.0465. The van der Waals surface area contributed by atoms with Crippen molar-refractivity contribution in [2.75, 3.05) is 27.4 Å². The van der Waals surface area contributed by atoms with E-state index >= 15 is 0 Å². The molecule has 0 aliphatic heterocycles. The minimum atomic E-state index is -3.83. The average Bonchev–Trinajstić information content (AvgIpc) is 2.80. The second-order valence-corrected chi connectivity index (χ2v) is 5.92. The largest absolute Gasteiger partial charge is 0.395 e. The van der Waals surface area contributed by atoms with Crippen molar-refractivity contribution >= 4 is 15.9 Å². The number of rotatable bonds is 7. The van der Waals surface area contributed by atoms with Gasteiger partial charge in [0.15, 0.2) is 0 Å². The summed E-state index contributed by atoms with van der Waals surface area (Å²) in [5.41, 5.74) is 0.222. The van der Waals surface area contributed by atoms with Crippen molar-refractivity contribution in [3.05, 3.63) is 18.0 Å². The van der Waals surface area contributed by atoms with Crippen molar-refractivity contribution in [3.63, 3.8) is 0 Å². The van der Waals surface area contributed by atoms with Crippen LogP contribution < -0.4 is 10.0 Å². The van der Waals surface area contributed by atoms with Gasteiger partial charge in [0, 0.05) is 27.4 Å². The van der Waals surface area contributed by atoms with Gasteiger partial charge in [-0.3, -0.25) is 4.79 Å². The second kappa shape index (κ2) is 6.84. The highest BCUT2D eigenvalue weighted by Crippen LogP contribution is 2.14. The number of nitrogens with one attached hydrogen (secondary N) is 2. The lowest BCUT2D eigenvalue weighted by molar-refractivity contribution is 0.0955. The molecule has 0 aliphatic rings. The summed E-state index contributed by atoms with van der Waals surface area (Å²) >= 11 is 0. The number of methoxy groups -OCH3 is 1. The number of aromatic nitrogens is 1. The Morgan fingerprint density at radius 2 is 2.20 bits per heavy atom. The molecule has 1 rings (SSSR count). The summed E-state index contributed by atoms with van der Waals surface area (Å²) in [7, 11) is 0.610. The molecule has 0 saturated carbocycles. The second-order valence-electron chi connectivity index (χ2n) is 4.21. The summed E-state index contributed by atoms with van der Waals surface area (Å²) in [4.78, 5) is 11.5. The fourth-order valence-electron chi connectivity index (χ4n) is 1.65. The molecule has 1 aromatic heterocycles. The number of sulfonamides is 1. The maximum Gasteiger partial charge on any atom is 0.267 e. The molecule has 1 unspecified atom stereocenters. The number of aliphatic hydroxyl groups is 1. The summed E-state index contributed by atoms with van der Waals surface area (Å²) in [6.45, 7) is -0.340. The number of ether oxygens (including phenoxy) is 1. The van der Waals surface area contributed by atoms with Crippen LogP contribution in [0.4, 0.5) is 0 Å². The first-order chi connectivity index (χ1) is 9.35. The Labute approximate surface area is 117 Å². The molecule has 0 aromatic carbocycles. The number of amides is 1. The number of carbonyl (C=O) groups is 1. The van der Waals surface area contributed by atoms with Gasteiger partial charge in [-0.25, -0.2) is 13.1 Å². The van der Waals surface area contributed by atoms with E-state index in [0.717, 1.165) is 0 Å². The van der Waals surface area contributed by atoms with Gasteiger partial charge < -0.3 is 19.7 Å². The van der Waals surface area contributed by atoms with Crippen LogP contribution in [0, 0.1) is 0 Å². The van der Waals surface area contributed by atoms with Gasteiger partial charge in [0.1, 0.15) is 10.6 Å². The van der Waals surface area contributed by atoms with Crippen molar-refractivity contribution in [3.8, 4) is 0 Å². The zero-order valence-corrected chi connectivity index (χ0v) is 12.4. The molecule has 1 atom stereocenters. The van der Waals surface area contributed by atoms with Crippen LogP contribution in [0.1, 0.15) is 10.5 Å². The van der Waals surface area contributed by atoms with E-state index < -0.39 is 16.1 Å². The van der Waals surface area contributed by atoms with E-state index in [0.29, 0.717) is 0 Å². The van der Waals surface area contributed by atoms with Crippen molar-refractivity contribution in [1.82, 2.24) is 14.6 Å². The highest BCUT2D eigenvalue weighted by Gasteiger charge is 2.23. The molecule has 0 radical (unpaired) electrons. The zero-order chi connectivity index (χ0) is 15.3. The first-order valence-corrected chi connectivity index (χ1v) is 7.34. The maximum atomic E-state index is 12.1. The predicted molar refractivity (Wildman–Crippen MR) is 71.9 cm³/mol. The van der Waals surface area contributed by atoms with Crippen molar-refractivity contribution in [2.24, 2.45) is 7.05 Å². The molecule has 1 heterocycles. The van der Waals surface area contributed by atoms with Crippen LogP contribution in [0.3, 0.4) is 0 Å². The molecule has 9 heteroatoms. The summed E-state index contributed by atoms with van der Waals surface area (Å²) < 4.78 is 32.8. The van der Waals surface area contributed by atoms with E-state index in [4.69, 9.17) is 9.84 Å². The lowest BCUT2D eigenvalue weighted by Crippen LogP contribution is -2.40. The quantitative estimate of drug-likeness (QED) is 0.578. The van der Waals surface area contributed by atoms with Gasteiger partial charge in [0.25, 0.3) is 5.91 Å². The molecule has 0 aliphatic carbocycles. The molecule has 0 bridgehead atoms. The van der Waals surface area contributed by atoms with E-state index in [9.17, 15) is 13.2 Å². The molecule has 20 heavy (non-hydrogen) atoms. The van der Waals surface area contributed by atoms with Crippen LogP contribution >= 0.6 is 0 Å². The van der Waals surface area contributed by atoms with Gasteiger partial charge in [-0.15, -0.1) is 0 Å². The number of hydrogen-bond donors (Lipinski definition) is 3. The number of carbonyl (C=O) groups excluding carboxylic acids is 1. The van der Waals surface area contributed by atoms with E-state index in [-0.39, 0.29) is 29.7 Å². The number of aryl methyl sites for hydroxylation is 1. The highest BCUT2D eigenvalue weighted by atomic mass is 32.2. The van der Waals surface area contributed by atoms with Gasteiger partial charge in [-0.05, 0) is 6.07 Å². The van der Waals surface area contributed by atoms with Crippen molar-refractivity contribution in [2.45, 2.75) is 10.9 Å². The lowest BCUT2D eigenvalue weighted by atomic mass is 10.4. The molecule has 114 valence electrons. The molecule has 8 nitrogen and oxygen atoms in total. The Morgan fingerprint density at radius 1 is 1.55 bits per heavy atom. The lowest BCUT2D eigenvalue weighted by Gasteiger charge is -2.14. The normalized spacial score (nSPS) is 13.2. The number of hydrogen-bond acceptors (Lipinski definition) is 5. The first-order valence-electron chi connectivity index (χ1n) is 5.86. The minimum Gasteiger partial charge on any atom is -0.395 e. The molecule has 1 amide bonds. The van der Waals surface area contributed by atoms with E-state index in [1.807, 2.05) is 0 Å². The summed E-state index contributed by atoms with van der Waals surface area (Å²) in [5.74, 6) is -0.385. The third-order valence-electron chi connectivity index (χ3n) is 2.66. The predicted octanol–water partition coefficient (Wildman–Crippen LogP) is -1.33. The van der Waals surface area contributed by atoms with Crippen LogP contribution in [-0.4, -0.2) is 57.4 Å². The summed E-state index contributed by atoms with van der Waals surface area (Å²) in [5, 5.41) is 11.5. The summed E-state index contributed by atoms with van der Waals surface area (Å²) in [6.07, 6.45) is 1.33. The molecule has 3 N–H and O–H groups in total. The Balaban J connectivity index is 3.01.